The Balaban J connectivity index is 1.61. The number of carbonyl (C=O) groups excluding carboxylic acids is 1. The van der Waals surface area contributed by atoms with Gasteiger partial charge < -0.3 is 0 Å². The Morgan fingerprint density at radius 3 is 2.21 bits per heavy atom. The molecule has 0 atom stereocenters. The topological polar surface area (TPSA) is 70.6 Å². The summed E-state index contributed by atoms with van der Waals surface area (Å²) in [5, 5.41) is 0.586. The summed E-state index contributed by atoms with van der Waals surface area (Å²) in [6.45, 7) is 4.45. The van der Waals surface area contributed by atoms with Crippen LogP contribution in [-0.2, 0) is 14.8 Å². The lowest BCUT2D eigenvalue weighted by Crippen LogP contribution is -2.30. The fraction of sp³-hybridized carbons (Fsp3) is 0.154. The fourth-order valence-corrected chi connectivity index (χ4v) is 6.02. The summed E-state index contributed by atoms with van der Waals surface area (Å²) < 4.78 is 27.8. The van der Waals surface area contributed by atoms with E-state index in [1.165, 1.54) is 21.7 Å². The molecule has 4 aromatic rings. The van der Waals surface area contributed by atoms with Gasteiger partial charge in [-0.1, -0.05) is 67.6 Å². The molecule has 0 fully saturated rings. The average molecular weight is 492 g/mol. The molecule has 0 radical (unpaired) electrons. The van der Waals surface area contributed by atoms with Crippen LogP contribution in [0.25, 0.3) is 16.3 Å². The highest BCUT2D eigenvalue weighted by atomic mass is 32.2. The molecule has 3 aromatic carbocycles. The van der Waals surface area contributed by atoms with Gasteiger partial charge in [0.1, 0.15) is 0 Å². The van der Waals surface area contributed by atoms with Crippen molar-refractivity contribution >= 4 is 54.4 Å². The van der Waals surface area contributed by atoms with E-state index in [9.17, 15) is 13.2 Å². The van der Waals surface area contributed by atoms with Crippen molar-refractivity contribution < 1.29 is 13.2 Å². The number of aromatic nitrogens is 1. The number of benzene rings is 3. The van der Waals surface area contributed by atoms with E-state index < -0.39 is 10.0 Å². The van der Waals surface area contributed by atoms with Gasteiger partial charge in [0.05, 0.1) is 20.8 Å². The van der Waals surface area contributed by atoms with Crippen LogP contribution in [0.15, 0.2) is 89.8 Å². The number of amides is 1. The molecule has 0 saturated heterocycles. The molecule has 0 N–H and O–H groups in total. The molecule has 0 unspecified atom stereocenters. The number of thiazole rings is 1. The minimum atomic E-state index is -3.52. The molecule has 6 nitrogen and oxygen atoms in total. The first-order chi connectivity index (χ1) is 16.4. The molecule has 0 aliphatic heterocycles. The van der Waals surface area contributed by atoms with Crippen LogP contribution in [0.3, 0.4) is 0 Å². The molecule has 0 saturated carbocycles. The molecular weight excluding hydrogens is 466 g/mol. The summed E-state index contributed by atoms with van der Waals surface area (Å²) in [5.41, 5.74) is 2.28. The van der Waals surface area contributed by atoms with Crippen molar-refractivity contribution in [3.8, 4) is 0 Å². The van der Waals surface area contributed by atoms with Crippen molar-refractivity contribution in [2.45, 2.75) is 18.7 Å². The van der Waals surface area contributed by atoms with Gasteiger partial charge in [-0.25, -0.2) is 13.4 Å². The first-order valence-electron chi connectivity index (χ1n) is 11.0. The quantitative estimate of drug-likeness (QED) is 0.296. The molecule has 8 heteroatoms. The largest absolute Gasteiger partial charge is 0.269 e. The third-order valence-corrected chi connectivity index (χ3v) is 8.44. The molecule has 0 spiro atoms. The monoisotopic (exact) mass is 491 g/mol. The van der Waals surface area contributed by atoms with Crippen LogP contribution in [0, 0.1) is 0 Å². The highest BCUT2D eigenvalue weighted by Crippen LogP contribution is 2.33. The Morgan fingerprint density at radius 2 is 1.56 bits per heavy atom. The average Bonchev–Trinajstić information content (AvgIpc) is 3.28. The van der Waals surface area contributed by atoms with E-state index in [1.807, 2.05) is 68.4 Å². The summed E-state index contributed by atoms with van der Waals surface area (Å²) in [7, 11) is -3.52. The van der Waals surface area contributed by atoms with E-state index in [4.69, 9.17) is 0 Å². The number of anilines is 2. The number of hydrogen-bond donors (Lipinski definition) is 0. The highest BCUT2D eigenvalue weighted by Gasteiger charge is 2.22. The minimum Gasteiger partial charge on any atom is -0.269 e. The number of carbonyl (C=O) groups is 1. The fourth-order valence-electron chi connectivity index (χ4n) is 3.57. The smallest absolute Gasteiger partial charge is 0.257 e. The van der Waals surface area contributed by atoms with Crippen LogP contribution < -0.4 is 4.90 Å². The SMILES string of the molecule is CCN(CC)S(=O)(=O)c1ccc(/C=C/C(=O)N(c2ccccc2)c2nc3ccccc3s2)cc1. The molecule has 0 aliphatic rings. The predicted molar refractivity (Wildman–Crippen MR) is 139 cm³/mol. The normalized spacial score (nSPS) is 12.0. The molecule has 34 heavy (non-hydrogen) atoms. The zero-order chi connectivity index (χ0) is 24.1. The molecule has 4 rings (SSSR count). The van der Waals surface area contributed by atoms with Crippen LogP contribution in [0.1, 0.15) is 19.4 Å². The molecule has 0 bridgehead atoms. The second-order valence-corrected chi connectivity index (χ2v) is 10.4. The van der Waals surface area contributed by atoms with Gasteiger partial charge in [0.25, 0.3) is 5.91 Å². The summed E-state index contributed by atoms with van der Waals surface area (Å²) in [5.74, 6) is -0.245. The van der Waals surface area contributed by atoms with Crippen molar-refractivity contribution in [3.63, 3.8) is 0 Å². The number of hydrogen-bond acceptors (Lipinski definition) is 5. The van der Waals surface area contributed by atoms with Gasteiger partial charge in [-0.3, -0.25) is 9.69 Å². The van der Waals surface area contributed by atoms with Crippen molar-refractivity contribution in [3.05, 3.63) is 90.5 Å². The zero-order valence-corrected chi connectivity index (χ0v) is 20.6. The van der Waals surface area contributed by atoms with E-state index in [-0.39, 0.29) is 10.8 Å². The van der Waals surface area contributed by atoms with Gasteiger partial charge in [0, 0.05) is 19.2 Å². The maximum atomic E-state index is 13.3. The van der Waals surface area contributed by atoms with Gasteiger partial charge in [0.15, 0.2) is 5.13 Å². The van der Waals surface area contributed by atoms with Crippen LogP contribution in [-0.4, -0.2) is 36.7 Å². The molecule has 0 aliphatic carbocycles. The van der Waals surface area contributed by atoms with Gasteiger partial charge in [-0.2, -0.15) is 4.31 Å². The Kier molecular flexibility index (Phi) is 7.21. The maximum Gasteiger partial charge on any atom is 0.257 e. The van der Waals surface area contributed by atoms with E-state index >= 15 is 0 Å². The van der Waals surface area contributed by atoms with Crippen LogP contribution >= 0.6 is 11.3 Å². The van der Waals surface area contributed by atoms with E-state index in [2.05, 4.69) is 4.98 Å². The van der Waals surface area contributed by atoms with Gasteiger partial charge >= 0.3 is 0 Å². The van der Waals surface area contributed by atoms with Gasteiger partial charge in [-0.05, 0) is 48.0 Å². The lowest BCUT2D eigenvalue weighted by molar-refractivity contribution is -0.113. The molecule has 1 amide bonds. The minimum absolute atomic E-state index is 0.236. The van der Waals surface area contributed by atoms with E-state index in [1.54, 1.807) is 35.2 Å². The first-order valence-corrected chi connectivity index (χ1v) is 13.2. The Bertz CT molecular complexity index is 1380. The van der Waals surface area contributed by atoms with Crippen molar-refractivity contribution in [1.82, 2.24) is 9.29 Å². The maximum absolute atomic E-state index is 13.3. The van der Waals surface area contributed by atoms with Crippen molar-refractivity contribution in [2.24, 2.45) is 0 Å². The number of rotatable bonds is 8. The number of para-hydroxylation sites is 2. The Morgan fingerprint density at radius 1 is 0.912 bits per heavy atom. The lowest BCUT2D eigenvalue weighted by atomic mass is 10.2. The second kappa shape index (κ2) is 10.3. The summed E-state index contributed by atoms with van der Waals surface area (Å²) >= 11 is 1.45. The summed E-state index contributed by atoms with van der Waals surface area (Å²) in [6, 6.07) is 23.7. The second-order valence-electron chi connectivity index (χ2n) is 7.47. The van der Waals surface area contributed by atoms with Crippen LogP contribution in [0.5, 0.6) is 0 Å². The van der Waals surface area contributed by atoms with Crippen molar-refractivity contribution in [1.29, 1.82) is 0 Å². The van der Waals surface area contributed by atoms with Gasteiger partial charge in [-0.15, -0.1) is 0 Å². The van der Waals surface area contributed by atoms with Crippen LogP contribution in [0.2, 0.25) is 0 Å². The first kappa shape index (κ1) is 23.8. The number of fused-ring (bicyclic) bond motifs is 1. The molecule has 1 heterocycles. The Hall–Kier alpha value is -3.33. The lowest BCUT2D eigenvalue weighted by Gasteiger charge is -2.18. The number of sulfonamides is 1. The van der Waals surface area contributed by atoms with E-state index in [0.717, 1.165) is 21.5 Å². The highest BCUT2D eigenvalue weighted by molar-refractivity contribution is 7.89. The third-order valence-electron chi connectivity index (χ3n) is 5.35. The summed E-state index contributed by atoms with van der Waals surface area (Å²) in [6.07, 6.45) is 3.16. The Labute approximate surface area is 203 Å². The molecule has 1 aromatic heterocycles. The van der Waals surface area contributed by atoms with E-state index in [0.29, 0.717) is 18.2 Å². The van der Waals surface area contributed by atoms with Gasteiger partial charge in [0.2, 0.25) is 10.0 Å². The zero-order valence-electron chi connectivity index (χ0n) is 19.0. The van der Waals surface area contributed by atoms with Crippen LogP contribution in [0.4, 0.5) is 10.8 Å². The molecule has 174 valence electrons. The standard InChI is InChI=1S/C26H25N3O3S2/c1-3-28(4-2)34(31,32)22-17-14-20(15-18-22)16-19-25(30)29(21-10-6-5-7-11-21)26-27-23-12-8-9-13-24(23)33-26/h5-19H,3-4H2,1-2H3/b19-16+. The summed E-state index contributed by atoms with van der Waals surface area (Å²) in [4.78, 5) is 19.8. The number of nitrogens with zero attached hydrogens (tertiary/aromatic N) is 3. The van der Waals surface area contributed by atoms with Crippen molar-refractivity contribution in [2.75, 3.05) is 18.0 Å². The predicted octanol–water partition coefficient (Wildman–Crippen LogP) is 5.70. The molecular formula is C26H25N3O3S2. The third kappa shape index (κ3) is 4.94.